The zero-order valence-corrected chi connectivity index (χ0v) is 13.8. The van der Waals surface area contributed by atoms with E-state index < -0.39 is 6.03 Å². The summed E-state index contributed by atoms with van der Waals surface area (Å²) in [6.45, 7) is 5.44. The second-order valence-corrected chi connectivity index (χ2v) is 6.27. The third-order valence-electron chi connectivity index (χ3n) is 4.08. The van der Waals surface area contributed by atoms with Crippen molar-refractivity contribution in [3.05, 3.63) is 41.5 Å². The molecule has 124 valence electrons. The summed E-state index contributed by atoms with van der Waals surface area (Å²) >= 11 is 0. The molecular formula is C18H25N3O2. The van der Waals surface area contributed by atoms with Gasteiger partial charge in [-0.2, -0.15) is 0 Å². The third-order valence-corrected chi connectivity index (χ3v) is 4.08. The number of nitrogens with two attached hydrogens (primary N) is 1. The minimum absolute atomic E-state index is 0.00808. The lowest BCUT2D eigenvalue weighted by molar-refractivity contribution is -0.120. The Balaban J connectivity index is 1.77. The van der Waals surface area contributed by atoms with Crippen LogP contribution in [0.2, 0.25) is 0 Å². The summed E-state index contributed by atoms with van der Waals surface area (Å²) in [5.74, 6) is 0.488. The van der Waals surface area contributed by atoms with Gasteiger partial charge < -0.3 is 16.0 Å². The number of nitrogens with one attached hydrogen (secondary N) is 1. The molecule has 1 aliphatic heterocycles. The lowest BCUT2D eigenvalue weighted by Crippen LogP contribution is -2.39. The summed E-state index contributed by atoms with van der Waals surface area (Å²) in [6.07, 6.45) is 4.91. The average Bonchev–Trinajstić information content (AvgIpc) is 2.96. The Labute approximate surface area is 137 Å². The predicted octanol–water partition coefficient (Wildman–Crippen LogP) is 2.48. The third kappa shape index (κ3) is 5.13. The van der Waals surface area contributed by atoms with Crippen LogP contribution in [0.1, 0.15) is 43.7 Å². The first-order valence-corrected chi connectivity index (χ1v) is 8.06. The standard InChI is InChI=1S/C18H25N3O2/c1-13(2)15-8-6-14(7-9-15)4-3-5-17(22)20-16-10-11-21(12-16)18(19)23/h3-4,6-9,13,16H,5,10-12H2,1-2H3,(H2,19,23)(H,20,22)/b4-3+. The van der Waals surface area contributed by atoms with Crippen LogP contribution in [0.5, 0.6) is 0 Å². The van der Waals surface area contributed by atoms with E-state index in [-0.39, 0.29) is 11.9 Å². The molecule has 23 heavy (non-hydrogen) atoms. The molecular weight excluding hydrogens is 290 g/mol. The van der Waals surface area contributed by atoms with Crippen molar-refractivity contribution in [3.63, 3.8) is 0 Å². The molecule has 5 heteroatoms. The van der Waals surface area contributed by atoms with Crippen molar-refractivity contribution in [1.29, 1.82) is 0 Å². The number of likely N-dealkylation sites (tertiary alicyclic amines) is 1. The molecule has 0 spiro atoms. The van der Waals surface area contributed by atoms with E-state index in [9.17, 15) is 9.59 Å². The van der Waals surface area contributed by atoms with E-state index in [1.54, 1.807) is 4.90 Å². The maximum Gasteiger partial charge on any atom is 0.314 e. The average molecular weight is 315 g/mol. The van der Waals surface area contributed by atoms with Crippen LogP contribution >= 0.6 is 0 Å². The molecule has 0 radical (unpaired) electrons. The maximum atomic E-state index is 11.9. The molecule has 1 aliphatic rings. The summed E-state index contributed by atoms with van der Waals surface area (Å²) in [5, 5.41) is 2.93. The molecule has 3 amide bonds. The van der Waals surface area contributed by atoms with E-state index in [1.165, 1.54) is 5.56 Å². The second-order valence-electron chi connectivity index (χ2n) is 6.27. The van der Waals surface area contributed by atoms with Gasteiger partial charge in [0, 0.05) is 25.6 Å². The summed E-state index contributed by atoms with van der Waals surface area (Å²) in [6, 6.07) is 7.93. The molecule has 1 aromatic carbocycles. The van der Waals surface area contributed by atoms with Crippen LogP contribution in [-0.4, -0.2) is 36.0 Å². The van der Waals surface area contributed by atoms with E-state index in [2.05, 4.69) is 43.4 Å². The van der Waals surface area contributed by atoms with Crippen molar-refractivity contribution in [2.24, 2.45) is 5.73 Å². The van der Waals surface area contributed by atoms with Gasteiger partial charge in [0.2, 0.25) is 5.91 Å². The van der Waals surface area contributed by atoms with Gasteiger partial charge in [-0.3, -0.25) is 4.79 Å². The Hall–Kier alpha value is -2.30. The minimum atomic E-state index is -0.425. The van der Waals surface area contributed by atoms with Gasteiger partial charge in [-0.25, -0.2) is 4.79 Å². The van der Waals surface area contributed by atoms with Gasteiger partial charge in [0.1, 0.15) is 0 Å². The fourth-order valence-corrected chi connectivity index (χ4v) is 2.66. The number of nitrogens with zero attached hydrogens (tertiary/aromatic N) is 1. The molecule has 0 aliphatic carbocycles. The van der Waals surface area contributed by atoms with Crippen molar-refractivity contribution in [2.75, 3.05) is 13.1 Å². The topological polar surface area (TPSA) is 75.4 Å². The van der Waals surface area contributed by atoms with E-state index in [1.807, 2.05) is 12.2 Å². The highest BCUT2D eigenvalue weighted by atomic mass is 16.2. The first-order chi connectivity index (χ1) is 11.0. The normalized spacial score (nSPS) is 17.9. The monoisotopic (exact) mass is 315 g/mol. The molecule has 1 aromatic rings. The maximum absolute atomic E-state index is 11.9. The molecule has 1 saturated heterocycles. The van der Waals surface area contributed by atoms with Crippen LogP contribution in [0.15, 0.2) is 30.3 Å². The predicted molar refractivity (Wildman–Crippen MR) is 91.9 cm³/mol. The molecule has 0 saturated carbocycles. The van der Waals surface area contributed by atoms with E-state index in [0.717, 1.165) is 12.0 Å². The quantitative estimate of drug-likeness (QED) is 0.876. The highest BCUT2D eigenvalue weighted by Gasteiger charge is 2.25. The zero-order valence-electron chi connectivity index (χ0n) is 13.8. The Morgan fingerprint density at radius 3 is 2.61 bits per heavy atom. The van der Waals surface area contributed by atoms with Crippen LogP contribution in [0, 0.1) is 0 Å². The SMILES string of the molecule is CC(C)c1ccc(/C=C/CC(=O)NC2CCN(C(N)=O)C2)cc1. The Morgan fingerprint density at radius 1 is 1.35 bits per heavy atom. The van der Waals surface area contributed by atoms with E-state index in [0.29, 0.717) is 25.4 Å². The molecule has 0 bridgehead atoms. The number of carbonyl (C=O) groups excluding carboxylic acids is 2. The Morgan fingerprint density at radius 2 is 2.04 bits per heavy atom. The number of hydrogen-bond acceptors (Lipinski definition) is 2. The fraction of sp³-hybridized carbons (Fsp3) is 0.444. The molecule has 5 nitrogen and oxygen atoms in total. The van der Waals surface area contributed by atoms with Gasteiger partial charge in [-0.05, 0) is 23.5 Å². The lowest BCUT2D eigenvalue weighted by Gasteiger charge is -2.14. The van der Waals surface area contributed by atoms with Crippen LogP contribution in [0.3, 0.4) is 0 Å². The first-order valence-electron chi connectivity index (χ1n) is 8.06. The van der Waals surface area contributed by atoms with Gasteiger partial charge in [0.25, 0.3) is 0 Å². The number of hydrogen-bond donors (Lipinski definition) is 2. The minimum Gasteiger partial charge on any atom is -0.351 e. The van der Waals surface area contributed by atoms with E-state index in [4.69, 9.17) is 5.73 Å². The summed E-state index contributed by atoms with van der Waals surface area (Å²) < 4.78 is 0. The Bertz CT molecular complexity index is 578. The lowest BCUT2D eigenvalue weighted by atomic mass is 10.0. The number of primary amides is 1. The summed E-state index contributed by atoms with van der Waals surface area (Å²) in [5.41, 5.74) is 7.62. The molecule has 0 aromatic heterocycles. The zero-order chi connectivity index (χ0) is 16.8. The number of carbonyl (C=O) groups is 2. The molecule has 1 fully saturated rings. The van der Waals surface area contributed by atoms with Crippen molar-refractivity contribution in [2.45, 2.75) is 38.6 Å². The van der Waals surface area contributed by atoms with Gasteiger partial charge >= 0.3 is 6.03 Å². The number of rotatable bonds is 5. The largest absolute Gasteiger partial charge is 0.351 e. The van der Waals surface area contributed by atoms with E-state index >= 15 is 0 Å². The van der Waals surface area contributed by atoms with Crippen molar-refractivity contribution < 1.29 is 9.59 Å². The smallest absolute Gasteiger partial charge is 0.314 e. The number of amides is 3. The Kier molecular flexibility index (Phi) is 5.79. The second kappa shape index (κ2) is 7.81. The summed E-state index contributed by atoms with van der Waals surface area (Å²) in [7, 11) is 0. The van der Waals surface area contributed by atoms with Gasteiger partial charge in [-0.1, -0.05) is 50.3 Å². The van der Waals surface area contributed by atoms with Crippen molar-refractivity contribution in [1.82, 2.24) is 10.2 Å². The highest BCUT2D eigenvalue weighted by molar-refractivity contribution is 5.79. The highest BCUT2D eigenvalue weighted by Crippen LogP contribution is 2.15. The van der Waals surface area contributed by atoms with Crippen LogP contribution in [0.25, 0.3) is 6.08 Å². The van der Waals surface area contributed by atoms with Crippen LogP contribution < -0.4 is 11.1 Å². The first kappa shape index (κ1) is 17.1. The van der Waals surface area contributed by atoms with Crippen LogP contribution in [-0.2, 0) is 4.79 Å². The summed E-state index contributed by atoms with van der Waals surface area (Å²) in [4.78, 5) is 24.5. The van der Waals surface area contributed by atoms with Gasteiger partial charge in [-0.15, -0.1) is 0 Å². The molecule has 2 rings (SSSR count). The molecule has 1 unspecified atom stereocenters. The van der Waals surface area contributed by atoms with Gasteiger partial charge in [0.15, 0.2) is 0 Å². The fourth-order valence-electron chi connectivity index (χ4n) is 2.66. The number of urea groups is 1. The van der Waals surface area contributed by atoms with Gasteiger partial charge in [0.05, 0.1) is 0 Å². The van der Waals surface area contributed by atoms with Crippen LogP contribution in [0.4, 0.5) is 4.79 Å². The van der Waals surface area contributed by atoms with Crippen molar-refractivity contribution in [3.8, 4) is 0 Å². The van der Waals surface area contributed by atoms with Crippen molar-refractivity contribution >= 4 is 18.0 Å². The molecule has 1 heterocycles. The number of benzene rings is 1. The molecule has 1 atom stereocenters. The molecule has 3 N–H and O–H groups in total.